The maximum absolute atomic E-state index is 13.5. The van der Waals surface area contributed by atoms with Crippen LogP contribution in [0.5, 0.6) is 0 Å². The Balaban J connectivity index is 1.49. The maximum atomic E-state index is 13.5. The number of benzene rings is 2. The quantitative estimate of drug-likeness (QED) is 0.488. The molecule has 1 atom stereocenters. The summed E-state index contributed by atoms with van der Waals surface area (Å²) in [6.45, 7) is 4.82. The van der Waals surface area contributed by atoms with E-state index in [4.69, 9.17) is 5.10 Å². The number of aromatic nitrogens is 2. The van der Waals surface area contributed by atoms with Crippen molar-refractivity contribution in [2.24, 2.45) is 10.9 Å². The zero-order valence-electron chi connectivity index (χ0n) is 22.1. The van der Waals surface area contributed by atoms with Gasteiger partial charge in [-0.1, -0.05) is 42.7 Å². The molecule has 0 saturated heterocycles. The van der Waals surface area contributed by atoms with E-state index in [1.54, 1.807) is 0 Å². The molecule has 2 aliphatic rings. The Morgan fingerprint density at radius 1 is 1.08 bits per heavy atom. The minimum absolute atomic E-state index is 0.200. The Hall–Kier alpha value is -3.58. The molecule has 5 rings (SSSR count). The molecule has 1 aliphatic heterocycles. The van der Waals surface area contributed by atoms with Crippen molar-refractivity contribution in [3.63, 3.8) is 0 Å². The fraction of sp³-hybridized carbons (Fsp3) is 0.400. The Morgan fingerprint density at radius 3 is 2.49 bits per heavy atom. The second kappa shape index (κ2) is 10.4. The number of nitrogens with zero attached hydrogens (tertiary/aromatic N) is 4. The summed E-state index contributed by atoms with van der Waals surface area (Å²) in [4.78, 5) is 32.2. The van der Waals surface area contributed by atoms with E-state index in [1.165, 1.54) is 18.4 Å². The van der Waals surface area contributed by atoms with Gasteiger partial charge in [-0.25, -0.2) is 4.99 Å². The zero-order chi connectivity index (χ0) is 26.1. The highest BCUT2D eigenvalue weighted by molar-refractivity contribution is 6.09. The predicted molar refractivity (Wildman–Crippen MR) is 148 cm³/mol. The Bertz CT molecular complexity index is 1390. The standard InChI is InChI=1S/C30H35N5O2/c1-19-13-20(2)33-30(37)26(19)16-31-29(36)25-14-23(22-11-9-21(10-12-22)18-34(3)4)15-28-27(25)17-32-35(28)24-7-5-6-8-24/h9-15,17,24,26H,5-8,16,18H2,1-4H3,(H,31,36). The van der Waals surface area contributed by atoms with Crippen LogP contribution in [0.4, 0.5) is 0 Å². The summed E-state index contributed by atoms with van der Waals surface area (Å²) in [5, 5.41) is 8.59. The van der Waals surface area contributed by atoms with Gasteiger partial charge in [-0.15, -0.1) is 0 Å². The van der Waals surface area contributed by atoms with Crippen LogP contribution in [0.2, 0.25) is 0 Å². The molecule has 37 heavy (non-hydrogen) atoms. The first-order valence-electron chi connectivity index (χ1n) is 13.1. The number of hydrogen-bond donors (Lipinski definition) is 1. The Kier molecular flexibility index (Phi) is 7.07. The van der Waals surface area contributed by atoms with Crippen LogP contribution in [0.1, 0.15) is 61.5 Å². The SMILES string of the molecule is CC1=CC(C)=NC(=O)C1CNC(=O)c1cc(-c2ccc(CN(C)C)cc2)cc2c1cnn2C1CCCC1. The van der Waals surface area contributed by atoms with Gasteiger partial charge < -0.3 is 10.2 Å². The van der Waals surface area contributed by atoms with Gasteiger partial charge in [0.2, 0.25) is 0 Å². The van der Waals surface area contributed by atoms with Gasteiger partial charge in [0.15, 0.2) is 0 Å². The van der Waals surface area contributed by atoms with Crippen molar-refractivity contribution in [1.29, 1.82) is 0 Å². The van der Waals surface area contributed by atoms with Gasteiger partial charge in [0, 0.05) is 24.2 Å². The van der Waals surface area contributed by atoms with Crippen molar-refractivity contribution in [3.05, 3.63) is 65.4 Å². The number of fused-ring (bicyclic) bond motifs is 1. The smallest absolute Gasteiger partial charge is 0.254 e. The van der Waals surface area contributed by atoms with Crippen LogP contribution in [-0.4, -0.2) is 52.8 Å². The van der Waals surface area contributed by atoms with Crippen molar-refractivity contribution < 1.29 is 9.59 Å². The summed E-state index contributed by atoms with van der Waals surface area (Å²) >= 11 is 0. The van der Waals surface area contributed by atoms with Crippen LogP contribution in [-0.2, 0) is 11.3 Å². The van der Waals surface area contributed by atoms with Gasteiger partial charge >= 0.3 is 0 Å². The summed E-state index contributed by atoms with van der Waals surface area (Å²) in [5.74, 6) is -0.839. The van der Waals surface area contributed by atoms with Gasteiger partial charge in [0.1, 0.15) is 0 Å². The third kappa shape index (κ3) is 5.27. The van der Waals surface area contributed by atoms with E-state index in [2.05, 4.69) is 64.3 Å². The van der Waals surface area contributed by atoms with Crippen LogP contribution >= 0.6 is 0 Å². The lowest BCUT2D eigenvalue weighted by atomic mass is 9.95. The van der Waals surface area contributed by atoms with E-state index in [1.807, 2.05) is 32.2 Å². The first-order chi connectivity index (χ1) is 17.8. The van der Waals surface area contributed by atoms with Crippen LogP contribution < -0.4 is 5.32 Å². The normalized spacial score (nSPS) is 18.4. The predicted octanol–water partition coefficient (Wildman–Crippen LogP) is 5.17. The number of nitrogens with one attached hydrogen (secondary N) is 1. The number of carbonyl (C=O) groups is 2. The molecule has 2 aromatic carbocycles. The minimum Gasteiger partial charge on any atom is -0.351 e. The summed E-state index contributed by atoms with van der Waals surface area (Å²) < 4.78 is 2.11. The number of amides is 2. The van der Waals surface area contributed by atoms with E-state index < -0.39 is 5.92 Å². The van der Waals surface area contributed by atoms with Gasteiger partial charge in [-0.05, 0) is 75.7 Å². The number of dihydropyridines is 1. The average molecular weight is 498 g/mol. The second-order valence-corrected chi connectivity index (χ2v) is 10.7. The monoisotopic (exact) mass is 497 g/mol. The molecule has 1 unspecified atom stereocenters. The van der Waals surface area contributed by atoms with Gasteiger partial charge in [-0.2, -0.15) is 5.10 Å². The van der Waals surface area contributed by atoms with Gasteiger partial charge in [-0.3, -0.25) is 14.3 Å². The topological polar surface area (TPSA) is 79.6 Å². The summed E-state index contributed by atoms with van der Waals surface area (Å²) in [7, 11) is 4.12. The molecule has 1 aliphatic carbocycles. The number of rotatable bonds is 7. The van der Waals surface area contributed by atoms with Crippen LogP contribution in [0.3, 0.4) is 0 Å². The molecule has 7 nitrogen and oxygen atoms in total. The molecular formula is C30H35N5O2. The fourth-order valence-corrected chi connectivity index (χ4v) is 5.55. The third-order valence-corrected chi connectivity index (χ3v) is 7.46. The van der Waals surface area contributed by atoms with Crippen LogP contribution in [0.15, 0.2) is 59.2 Å². The fourth-order valence-electron chi connectivity index (χ4n) is 5.55. The molecule has 0 radical (unpaired) electrons. The van der Waals surface area contributed by atoms with Crippen molar-refractivity contribution in [2.75, 3.05) is 20.6 Å². The lowest BCUT2D eigenvalue weighted by Crippen LogP contribution is -2.34. The zero-order valence-corrected chi connectivity index (χ0v) is 22.1. The Morgan fingerprint density at radius 2 is 1.81 bits per heavy atom. The summed E-state index contributed by atoms with van der Waals surface area (Å²) in [5.41, 5.74) is 6.47. The van der Waals surface area contributed by atoms with Crippen molar-refractivity contribution in [2.45, 2.75) is 52.1 Å². The van der Waals surface area contributed by atoms with E-state index in [0.29, 0.717) is 17.3 Å². The molecule has 3 aromatic rings. The summed E-state index contributed by atoms with van der Waals surface area (Å²) in [6, 6.07) is 13.0. The molecule has 1 saturated carbocycles. The molecule has 7 heteroatoms. The van der Waals surface area contributed by atoms with E-state index in [0.717, 1.165) is 47.0 Å². The molecule has 0 bridgehead atoms. The number of aliphatic imine (C=N–C) groups is 1. The van der Waals surface area contributed by atoms with Crippen molar-refractivity contribution >= 4 is 28.4 Å². The molecule has 2 heterocycles. The largest absolute Gasteiger partial charge is 0.351 e. The molecule has 0 spiro atoms. The first-order valence-corrected chi connectivity index (χ1v) is 13.1. The second-order valence-electron chi connectivity index (χ2n) is 10.7. The van der Waals surface area contributed by atoms with E-state index in [-0.39, 0.29) is 18.4 Å². The number of hydrogen-bond acceptors (Lipinski definition) is 4. The van der Waals surface area contributed by atoms with Crippen LogP contribution in [0.25, 0.3) is 22.0 Å². The lowest BCUT2D eigenvalue weighted by Gasteiger charge is -2.19. The number of carbonyl (C=O) groups excluding carboxylic acids is 2. The molecule has 2 amide bonds. The third-order valence-electron chi connectivity index (χ3n) is 7.46. The molecule has 1 aromatic heterocycles. The molecule has 192 valence electrons. The highest BCUT2D eigenvalue weighted by Gasteiger charge is 2.26. The minimum atomic E-state index is -0.434. The highest BCUT2D eigenvalue weighted by atomic mass is 16.2. The van der Waals surface area contributed by atoms with E-state index in [9.17, 15) is 9.59 Å². The van der Waals surface area contributed by atoms with Crippen LogP contribution in [0, 0.1) is 5.92 Å². The van der Waals surface area contributed by atoms with Gasteiger partial charge in [0.05, 0.1) is 29.2 Å². The molecular weight excluding hydrogens is 462 g/mol. The first kappa shape index (κ1) is 25.1. The lowest BCUT2D eigenvalue weighted by molar-refractivity contribution is -0.120. The molecule has 1 N–H and O–H groups in total. The maximum Gasteiger partial charge on any atom is 0.254 e. The van der Waals surface area contributed by atoms with Gasteiger partial charge in [0.25, 0.3) is 11.8 Å². The van der Waals surface area contributed by atoms with Crippen molar-refractivity contribution in [3.8, 4) is 11.1 Å². The molecule has 1 fully saturated rings. The Labute approximate surface area is 218 Å². The highest BCUT2D eigenvalue weighted by Crippen LogP contribution is 2.35. The number of allylic oxidation sites excluding steroid dienone is 1. The van der Waals surface area contributed by atoms with Crippen molar-refractivity contribution in [1.82, 2.24) is 20.0 Å². The average Bonchev–Trinajstić information content (AvgIpc) is 3.52. The summed E-state index contributed by atoms with van der Waals surface area (Å²) in [6.07, 6.45) is 8.35. The van der Waals surface area contributed by atoms with E-state index >= 15 is 0 Å².